The van der Waals surface area contributed by atoms with Crippen LogP contribution in [-0.4, -0.2) is 37.8 Å². The molecule has 0 aliphatic carbocycles. The molecule has 24 heavy (non-hydrogen) atoms. The molecule has 6 heteroatoms. The van der Waals surface area contributed by atoms with E-state index in [-0.39, 0.29) is 18.9 Å². The number of nitrogens with one attached hydrogen (secondary N) is 2. The highest BCUT2D eigenvalue weighted by Gasteiger charge is 2.15. The third kappa shape index (κ3) is 7.85. The van der Waals surface area contributed by atoms with Crippen LogP contribution >= 0.6 is 0 Å². The molecule has 0 saturated heterocycles. The van der Waals surface area contributed by atoms with Crippen molar-refractivity contribution in [3.63, 3.8) is 0 Å². The minimum Gasteiger partial charge on any atom is -0.496 e. The molecule has 0 bridgehead atoms. The lowest BCUT2D eigenvalue weighted by atomic mass is 10.1. The number of carbonyl (C=O) groups excluding carboxylic acids is 2. The van der Waals surface area contributed by atoms with Crippen molar-refractivity contribution in [3.8, 4) is 5.75 Å². The van der Waals surface area contributed by atoms with E-state index in [2.05, 4.69) is 16.7 Å². The second-order valence-corrected chi connectivity index (χ2v) is 6.59. The molecule has 1 aromatic carbocycles. The van der Waals surface area contributed by atoms with Crippen molar-refractivity contribution in [1.29, 1.82) is 0 Å². The number of aryl methyl sites for hydroxylation is 1. The van der Waals surface area contributed by atoms with Crippen LogP contribution in [0.4, 0.5) is 4.79 Å². The molecule has 134 valence electrons. The Hall–Kier alpha value is -2.24. The zero-order valence-corrected chi connectivity index (χ0v) is 15.2. The van der Waals surface area contributed by atoms with Crippen molar-refractivity contribution < 1.29 is 19.1 Å². The molecule has 0 saturated carbocycles. The Morgan fingerprint density at radius 2 is 1.83 bits per heavy atom. The summed E-state index contributed by atoms with van der Waals surface area (Å²) < 4.78 is 10.4. The molecule has 0 aliphatic heterocycles. The van der Waals surface area contributed by atoms with E-state index in [9.17, 15) is 9.59 Å². The summed E-state index contributed by atoms with van der Waals surface area (Å²) in [5, 5.41) is 5.40. The lowest BCUT2D eigenvalue weighted by Gasteiger charge is -2.19. The first-order valence-electron chi connectivity index (χ1n) is 8.08. The van der Waals surface area contributed by atoms with Gasteiger partial charge in [-0.05, 0) is 45.7 Å². The summed E-state index contributed by atoms with van der Waals surface area (Å²) in [6.45, 7) is 8.15. The Kier molecular flexibility index (Phi) is 7.55. The Bertz CT molecular complexity index is 565. The number of alkyl carbamates (subject to hydrolysis) is 1. The van der Waals surface area contributed by atoms with Gasteiger partial charge < -0.3 is 20.1 Å². The summed E-state index contributed by atoms with van der Waals surface area (Å²) in [6, 6.07) is 5.97. The Balaban J connectivity index is 2.27. The van der Waals surface area contributed by atoms with Gasteiger partial charge in [-0.2, -0.15) is 0 Å². The van der Waals surface area contributed by atoms with Crippen molar-refractivity contribution in [3.05, 3.63) is 29.3 Å². The van der Waals surface area contributed by atoms with E-state index in [1.54, 1.807) is 27.9 Å². The topological polar surface area (TPSA) is 76.7 Å². The summed E-state index contributed by atoms with van der Waals surface area (Å²) in [4.78, 5) is 23.2. The first kappa shape index (κ1) is 19.8. The van der Waals surface area contributed by atoms with Gasteiger partial charge in [0.25, 0.3) is 0 Å². The highest BCUT2D eigenvalue weighted by molar-refractivity contribution is 5.77. The third-order valence-corrected chi connectivity index (χ3v) is 3.17. The summed E-state index contributed by atoms with van der Waals surface area (Å²) >= 11 is 0. The van der Waals surface area contributed by atoms with Crippen molar-refractivity contribution in [2.75, 3.05) is 20.2 Å². The van der Waals surface area contributed by atoms with Crippen LogP contribution in [0.5, 0.6) is 5.75 Å². The van der Waals surface area contributed by atoms with Gasteiger partial charge in [0, 0.05) is 19.5 Å². The Labute approximate surface area is 143 Å². The van der Waals surface area contributed by atoms with Crippen LogP contribution in [-0.2, 0) is 16.0 Å². The van der Waals surface area contributed by atoms with Gasteiger partial charge in [-0.1, -0.05) is 17.7 Å². The van der Waals surface area contributed by atoms with E-state index >= 15 is 0 Å². The van der Waals surface area contributed by atoms with E-state index in [0.717, 1.165) is 16.9 Å². The molecule has 0 radical (unpaired) electrons. The first-order chi connectivity index (χ1) is 11.2. The number of rotatable bonds is 7. The molecule has 0 unspecified atom stereocenters. The van der Waals surface area contributed by atoms with Crippen LogP contribution < -0.4 is 15.4 Å². The second-order valence-electron chi connectivity index (χ2n) is 6.59. The maximum Gasteiger partial charge on any atom is 0.407 e. The number of hydrogen-bond donors (Lipinski definition) is 2. The fraction of sp³-hybridized carbons (Fsp3) is 0.556. The van der Waals surface area contributed by atoms with Crippen molar-refractivity contribution in [2.45, 2.75) is 46.1 Å². The molecule has 6 nitrogen and oxygen atoms in total. The largest absolute Gasteiger partial charge is 0.496 e. The molecule has 0 aromatic heterocycles. The Morgan fingerprint density at radius 3 is 2.46 bits per heavy atom. The van der Waals surface area contributed by atoms with Crippen molar-refractivity contribution >= 4 is 12.0 Å². The quantitative estimate of drug-likeness (QED) is 0.802. The van der Waals surface area contributed by atoms with Crippen LogP contribution in [0.1, 0.15) is 38.3 Å². The zero-order valence-electron chi connectivity index (χ0n) is 15.2. The summed E-state index contributed by atoms with van der Waals surface area (Å²) in [5.74, 6) is 0.708. The molecule has 0 atom stereocenters. The van der Waals surface area contributed by atoms with E-state index in [0.29, 0.717) is 13.0 Å². The zero-order chi connectivity index (χ0) is 18.2. The lowest BCUT2D eigenvalue weighted by Crippen LogP contribution is -2.35. The summed E-state index contributed by atoms with van der Waals surface area (Å²) in [5.41, 5.74) is 1.67. The second kappa shape index (κ2) is 9.15. The molecule has 0 heterocycles. The Morgan fingerprint density at radius 1 is 1.12 bits per heavy atom. The fourth-order valence-corrected chi connectivity index (χ4v) is 2.12. The average molecular weight is 336 g/mol. The highest BCUT2D eigenvalue weighted by atomic mass is 16.6. The SMILES string of the molecule is COc1ccc(C)cc1CCNC(=O)CCNC(=O)OC(C)(C)C. The number of amides is 2. The van der Waals surface area contributed by atoms with E-state index < -0.39 is 11.7 Å². The standard InChI is InChI=1S/C18H28N2O4/c1-13-6-7-15(23-5)14(12-13)8-10-19-16(21)9-11-20-17(22)24-18(2,3)4/h6-7,12H,8-11H2,1-5H3,(H,19,21)(H,20,22). The van der Waals surface area contributed by atoms with Gasteiger partial charge in [0.15, 0.2) is 0 Å². The minimum atomic E-state index is -0.542. The molecular formula is C18H28N2O4. The average Bonchev–Trinajstić information content (AvgIpc) is 2.45. The fourth-order valence-electron chi connectivity index (χ4n) is 2.12. The van der Waals surface area contributed by atoms with Gasteiger partial charge in [-0.3, -0.25) is 4.79 Å². The van der Waals surface area contributed by atoms with E-state index in [1.165, 1.54) is 0 Å². The lowest BCUT2D eigenvalue weighted by molar-refractivity contribution is -0.120. The maximum absolute atomic E-state index is 11.8. The van der Waals surface area contributed by atoms with Gasteiger partial charge in [0.1, 0.15) is 11.4 Å². The minimum absolute atomic E-state index is 0.113. The van der Waals surface area contributed by atoms with Crippen LogP contribution in [0.3, 0.4) is 0 Å². The van der Waals surface area contributed by atoms with E-state index in [4.69, 9.17) is 9.47 Å². The predicted molar refractivity (Wildman–Crippen MR) is 93.3 cm³/mol. The molecular weight excluding hydrogens is 308 g/mol. The molecule has 2 N–H and O–H groups in total. The number of ether oxygens (including phenoxy) is 2. The molecule has 2 amide bonds. The van der Waals surface area contributed by atoms with Gasteiger partial charge in [-0.15, -0.1) is 0 Å². The van der Waals surface area contributed by atoms with Crippen molar-refractivity contribution in [1.82, 2.24) is 10.6 Å². The highest BCUT2D eigenvalue weighted by Crippen LogP contribution is 2.19. The monoisotopic (exact) mass is 336 g/mol. The van der Waals surface area contributed by atoms with Crippen LogP contribution in [0.25, 0.3) is 0 Å². The number of carbonyl (C=O) groups is 2. The van der Waals surface area contributed by atoms with Crippen LogP contribution in [0.15, 0.2) is 18.2 Å². The van der Waals surface area contributed by atoms with E-state index in [1.807, 2.05) is 19.1 Å². The number of methoxy groups -OCH3 is 1. The van der Waals surface area contributed by atoms with Gasteiger partial charge in [-0.25, -0.2) is 4.79 Å². The van der Waals surface area contributed by atoms with Gasteiger partial charge in [0.2, 0.25) is 5.91 Å². The van der Waals surface area contributed by atoms with Crippen molar-refractivity contribution in [2.24, 2.45) is 0 Å². The maximum atomic E-state index is 11.8. The predicted octanol–water partition coefficient (Wildman–Crippen LogP) is 2.58. The molecule has 1 rings (SSSR count). The first-order valence-corrected chi connectivity index (χ1v) is 8.08. The molecule has 0 fully saturated rings. The third-order valence-electron chi connectivity index (χ3n) is 3.17. The molecule has 1 aromatic rings. The smallest absolute Gasteiger partial charge is 0.407 e. The number of hydrogen-bond acceptors (Lipinski definition) is 4. The summed E-state index contributed by atoms with van der Waals surface area (Å²) in [7, 11) is 1.63. The van der Waals surface area contributed by atoms with Gasteiger partial charge in [0.05, 0.1) is 7.11 Å². The van der Waals surface area contributed by atoms with Crippen LogP contribution in [0, 0.1) is 6.92 Å². The molecule has 0 aliphatic rings. The summed E-state index contributed by atoms with van der Waals surface area (Å²) in [6.07, 6.45) is 0.389. The number of benzene rings is 1. The van der Waals surface area contributed by atoms with Crippen LogP contribution in [0.2, 0.25) is 0 Å². The normalized spacial score (nSPS) is 10.9. The van der Waals surface area contributed by atoms with Gasteiger partial charge >= 0.3 is 6.09 Å². The molecule has 0 spiro atoms.